The molecule has 2 heterocycles. The molecule has 1 unspecified atom stereocenters. The van der Waals surface area contributed by atoms with E-state index in [1.807, 2.05) is 24.7 Å². The third-order valence-electron chi connectivity index (χ3n) is 4.52. The Morgan fingerprint density at radius 1 is 1.16 bits per heavy atom. The Morgan fingerprint density at radius 2 is 2.00 bits per heavy atom. The van der Waals surface area contributed by atoms with Crippen LogP contribution in [0.15, 0.2) is 61.2 Å². The molecule has 4 heteroatoms. The van der Waals surface area contributed by atoms with Crippen LogP contribution in [0.1, 0.15) is 28.3 Å². The minimum Gasteiger partial charge on any atom is -0.496 e. The Bertz CT molecular complexity index is 896. The third-order valence-corrected chi connectivity index (χ3v) is 4.52. The number of ether oxygens (including phenoxy) is 2. The highest BCUT2D eigenvalue weighted by Gasteiger charge is 2.24. The van der Waals surface area contributed by atoms with Gasteiger partial charge >= 0.3 is 0 Å². The molecule has 1 aromatic heterocycles. The Labute approximate surface area is 147 Å². The van der Waals surface area contributed by atoms with E-state index in [4.69, 9.17) is 9.47 Å². The molecule has 0 radical (unpaired) electrons. The van der Waals surface area contributed by atoms with Gasteiger partial charge in [0.1, 0.15) is 18.1 Å². The Kier molecular flexibility index (Phi) is 4.02. The highest BCUT2D eigenvalue weighted by molar-refractivity contribution is 5.69. The third kappa shape index (κ3) is 2.80. The van der Waals surface area contributed by atoms with Crippen molar-refractivity contribution in [3.63, 3.8) is 0 Å². The lowest BCUT2D eigenvalue weighted by molar-refractivity contribution is 0.349. The van der Waals surface area contributed by atoms with Gasteiger partial charge in [-0.05, 0) is 36.8 Å². The van der Waals surface area contributed by atoms with Gasteiger partial charge in [-0.25, -0.2) is 4.98 Å². The van der Waals surface area contributed by atoms with E-state index in [0.29, 0.717) is 6.61 Å². The zero-order valence-electron chi connectivity index (χ0n) is 14.3. The van der Waals surface area contributed by atoms with Crippen LogP contribution in [0.3, 0.4) is 0 Å². The Hall–Kier alpha value is -3.01. The van der Waals surface area contributed by atoms with Crippen molar-refractivity contribution >= 4 is 6.08 Å². The van der Waals surface area contributed by atoms with Gasteiger partial charge in [-0.3, -0.25) is 0 Å². The molecule has 4 nitrogen and oxygen atoms in total. The second-order valence-corrected chi connectivity index (χ2v) is 6.14. The fraction of sp³-hybridized carbons (Fsp3) is 0.190. The lowest BCUT2D eigenvalue weighted by Gasteiger charge is -2.25. The molecule has 1 aliphatic heterocycles. The predicted octanol–water partition coefficient (Wildman–Crippen LogP) is 4.24. The summed E-state index contributed by atoms with van der Waals surface area (Å²) in [5, 5.41) is 0. The molecule has 0 N–H and O–H groups in total. The molecule has 0 spiro atoms. The first-order valence-electron chi connectivity index (χ1n) is 8.32. The first-order chi connectivity index (χ1) is 12.3. The zero-order valence-corrected chi connectivity index (χ0v) is 14.3. The summed E-state index contributed by atoms with van der Waals surface area (Å²) < 4.78 is 13.6. The largest absolute Gasteiger partial charge is 0.496 e. The predicted molar refractivity (Wildman–Crippen MR) is 98.2 cm³/mol. The van der Waals surface area contributed by atoms with Crippen molar-refractivity contribution in [3.8, 4) is 11.5 Å². The maximum Gasteiger partial charge on any atom is 0.135 e. The molecule has 0 saturated carbocycles. The first-order valence-corrected chi connectivity index (χ1v) is 8.32. The SMILES string of the molecule is COc1c(C(c2ccc(C)cc2)n2ccnc2)ccc2c1C=CCO2. The average molecular weight is 332 g/mol. The summed E-state index contributed by atoms with van der Waals surface area (Å²) in [6.45, 7) is 2.69. The number of aryl methyl sites for hydroxylation is 1. The van der Waals surface area contributed by atoms with Crippen molar-refractivity contribution in [3.05, 3.63) is 83.4 Å². The van der Waals surface area contributed by atoms with Crippen molar-refractivity contribution in [2.75, 3.05) is 13.7 Å². The monoisotopic (exact) mass is 332 g/mol. The molecule has 0 saturated heterocycles. The normalized spacial score (nSPS) is 13.8. The van der Waals surface area contributed by atoms with E-state index in [0.717, 1.165) is 22.6 Å². The minimum atomic E-state index is -0.0151. The fourth-order valence-electron chi connectivity index (χ4n) is 3.31. The lowest BCUT2D eigenvalue weighted by atomic mass is 9.94. The first kappa shape index (κ1) is 15.5. The molecule has 3 aromatic rings. The van der Waals surface area contributed by atoms with E-state index in [1.54, 1.807) is 13.3 Å². The van der Waals surface area contributed by atoms with Gasteiger partial charge in [0.15, 0.2) is 0 Å². The molecule has 0 bridgehead atoms. The maximum atomic E-state index is 5.80. The second-order valence-electron chi connectivity index (χ2n) is 6.14. The van der Waals surface area contributed by atoms with Gasteiger partial charge in [-0.15, -0.1) is 0 Å². The second kappa shape index (κ2) is 6.48. The standard InChI is InChI=1S/C21H20N2O2/c1-15-5-7-16(8-6-15)20(23-12-11-22-14-23)18-9-10-19-17(21(18)24-2)4-3-13-25-19/h3-12,14,20H,13H2,1-2H3. The van der Waals surface area contributed by atoms with E-state index in [9.17, 15) is 0 Å². The number of hydrogen-bond acceptors (Lipinski definition) is 3. The minimum absolute atomic E-state index is 0.0151. The fourth-order valence-corrected chi connectivity index (χ4v) is 3.31. The summed E-state index contributed by atoms with van der Waals surface area (Å²) in [6.07, 6.45) is 9.70. The summed E-state index contributed by atoms with van der Waals surface area (Å²) >= 11 is 0. The molecule has 126 valence electrons. The number of hydrogen-bond donors (Lipinski definition) is 0. The number of benzene rings is 2. The van der Waals surface area contributed by atoms with E-state index in [1.165, 1.54) is 11.1 Å². The molecule has 0 fully saturated rings. The van der Waals surface area contributed by atoms with Gasteiger partial charge in [-0.2, -0.15) is 0 Å². The van der Waals surface area contributed by atoms with Crippen molar-refractivity contribution in [1.29, 1.82) is 0 Å². The van der Waals surface area contributed by atoms with Crippen molar-refractivity contribution in [2.24, 2.45) is 0 Å². The lowest BCUT2D eigenvalue weighted by Crippen LogP contribution is -2.13. The van der Waals surface area contributed by atoms with Crippen LogP contribution in [0.5, 0.6) is 11.5 Å². The maximum absolute atomic E-state index is 5.80. The molecule has 1 atom stereocenters. The highest BCUT2D eigenvalue weighted by Crippen LogP contribution is 2.41. The molecular weight excluding hydrogens is 312 g/mol. The summed E-state index contributed by atoms with van der Waals surface area (Å²) in [7, 11) is 1.71. The van der Waals surface area contributed by atoms with Crippen LogP contribution in [-0.2, 0) is 0 Å². The number of fused-ring (bicyclic) bond motifs is 1. The van der Waals surface area contributed by atoms with Gasteiger partial charge in [-0.1, -0.05) is 29.8 Å². The van der Waals surface area contributed by atoms with E-state index in [2.05, 4.69) is 52.9 Å². The molecule has 25 heavy (non-hydrogen) atoms. The number of imidazole rings is 1. The molecule has 2 aromatic carbocycles. The number of nitrogens with zero attached hydrogens (tertiary/aromatic N) is 2. The van der Waals surface area contributed by atoms with Crippen LogP contribution in [0, 0.1) is 6.92 Å². The van der Waals surface area contributed by atoms with Gasteiger partial charge in [0.2, 0.25) is 0 Å². The number of methoxy groups -OCH3 is 1. The van der Waals surface area contributed by atoms with Crippen molar-refractivity contribution in [1.82, 2.24) is 9.55 Å². The van der Waals surface area contributed by atoms with Gasteiger partial charge in [0.05, 0.1) is 25.0 Å². The van der Waals surface area contributed by atoms with Crippen LogP contribution in [0.25, 0.3) is 6.08 Å². The van der Waals surface area contributed by atoms with Crippen LogP contribution in [-0.4, -0.2) is 23.3 Å². The number of rotatable bonds is 4. The highest BCUT2D eigenvalue weighted by atomic mass is 16.5. The van der Waals surface area contributed by atoms with Crippen molar-refractivity contribution < 1.29 is 9.47 Å². The Balaban J connectivity index is 1.91. The van der Waals surface area contributed by atoms with E-state index >= 15 is 0 Å². The smallest absolute Gasteiger partial charge is 0.135 e. The summed E-state index contributed by atoms with van der Waals surface area (Å²) in [4.78, 5) is 4.24. The van der Waals surface area contributed by atoms with Gasteiger partial charge in [0.25, 0.3) is 0 Å². The molecule has 1 aliphatic rings. The molecule has 0 amide bonds. The van der Waals surface area contributed by atoms with Crippen molar-refractivity contribution in [2.45, 2.75) is 13.0 Å². The zero-order chi connectivity index (χ0) is 17.2. The Morgan fingerprint density at radius 3 is 2.72 bits per heavy atom. The van der Waals surface area contributed by atoms with Crippen LogP contribution < -0.4 is 9.47 Å². The quantitative estimate of drug-likeness (QED) is 0.717. The van der Waals surface area contributed by atoms with E-state index in [-0.39, 0.29) is 6.04 Å². The van der Waals surface area contributed by atoms with Crippen LogP contribution in [0.2, 0.25) is 0 Å². The average Bonchev–Trinajstić information content (AvgIpc) is 3.17. The summed E-state index contributed by atoms with van der Waals surface area (Å²) in [6, 6.07) is 12.7. The van der Waals surface area contributed by atoms with Gasteiger partial charge in [0, 0.05) is 18.0 Å². The summed E-state index contributed by atoms with van der Waals surface area (Å²) in [5.41, 5.74) is 4.49. The van der Waals surface area contributed by atoms with Crippen LogP contribution >= 0.6 is 0 Å². The molecule has 4 rings (SSSR count). The van der Waals surface area contributed by atoms with E-state index < -0.39 is 0 Å². The number of aromatic nitrogens is 2. The molecule has 0 aliphatic carbocycles. The topological polar surface area (TPSA) is 36.3 Å². The van der Waals surface area contributed by atoms with Gasteiger partial charge < -0.3 is 14.0 Å². The van der Waals surface area contributed by atoms with Crippen LogP contribution in [0.4, 0.5) is 0 Å². The molecular formula is C21H20N2O2. The summed E-state index contributed by atoms with van der Waals surface area (Å²) in [5.74, 6) is 1.70.